The van der Waals surface area contributed by atoms with Gasteiger partial charge in [0.2, 0.25) is 10.0 Å². The molecule has 1 aromatic carbocycles. The van der Waals surface area contributed by atoms with Gasteiger partial charge in [0.15, 0.2) is 5.78 Å². The third kappa shape index (κ3) is 3.14. The van der Waals surface area contributed by atoms with Gasteiger partial charge in [0.05, 0.1) is 4.90 Å². The Bertz CT molecular complexity index is 535. The monoisotopic (exact) mass is 255 g/mol. The summed E-state index contributed by atoms with van der Waals surface area (Å²) >= 11 is 0. The van der Waals surface area contributed by atoms with Crippen LogP contribution < -0.4 is 5.14 Å². The molecule has 0 aliphatic carbocycles. The van der Waals surface area contributed by atoms with Gasteiger partial charge in [0.1, 0.15) is 0 Å². The molecule has 1 unspecified atom stereocenters. The maximum atomic E-state index is 11.5. The van der Waals surface area contributed by atoms with Crippen molar-refractivity contribution in [1.29, 1.82) is 0 Å². The predicted molar refractivity (Wildman–Crippen MR) is 66.5 cm³/mol. The van der Waals surface area contributed by atoms with Gasteiger partial charge in [-0.25, -0.2) is 13.6 Å². The van der Waals surface area contributed by atoms with Crippen molar-refractivity contribution in [1.82, 2.24) is 0 Å². The van der Waals surface area contributed by atoms with E-state index in [9.17, 15) is 13.2 Å². The lowest BCUT2D eigenvalue weighted by atomic mass is 9.96. The highest BCUT2D eigenvalue weighted by molar-refractivity contribution is 7.89. The van der Waals surface area contributed by atoms with Crippen molar-refractivity contribution < 1.29 is 13.2 Å². The van der Waals surface area contributed by atoms with Gasteiger partial charge in [-0.1, -0.05) is 19.9 Å². The van der Waals surface area contributed by atoms with E-state index in [1.807, 2.05) is 13.8 Å². The van der Waals surface area contributed by atoms with Gasteiger partial charge in [0.25, 0.3) is 0 Å². The molecule has 1 aromatic rings. The molecule has 0 saturated heterocycles. The second kappa shape index (κ2) is 4.98. The summed E-state index contributed by atoms with van der Waals surface area (Å²) in [5.41, 5.74) is 1.12. The molecule has 17 heavy (non-hydrogen) atoms. The van der Waals surface area contributed by atoms with E-state index >= 15 is 0 Å². The fourth-order valence-electron chi connectivity index (χ4n) is 1.61. The second-order valence-corrected chi connectivity index (χ2v) is 5.70. The quantitative estimate of drug-likeness (QED) is 0.836. The van der Waals surface area contributed by atoms with E-state index in [0.29, 0.717) is 0 Å². The normalized spacial score (nSPS) is 13.4. The number of hydrogen-bond donors (Lipinski definition) is 1. The first-order valence-corrected chi connectivity index (χ1v) is 6.99. The summed E-state index contributed by atoms with van der Waals surface area (Å²) in [6.07, 6.45) is 0.923. The van der Waals surface area contributed by atoms with Crippen LogP contribution in [0.15, 0.2) is 23.1 Å². The summed E-state index contributed by atoms with van der Waals surface area (Å²) in [7, 11) is -3.85. The lowest BCUT2D eigenvalue weighted by Crippen LogP contribution is -2.16. The van der Waals surface area contributed by atoms with Crippen LogP contribution in [-0.4, -0.2) is 14.2 Å². The first-order valence-electron chi connectivity index (χ1n) is 5.45. The zero-order chi connectivity index (χ0) is 13.2. The number of nitrogens with two attached hydrogens (primary N) is 1. The summed E-state index contributed by atoms with van der Waals surface area (Å²) in [5.74, 6) is -0.0122. The van der Waals surface area contributed by atoms with Crippen LogP contribution in [0.5, 0.6) is 0 Å². The molecule has 0 spiro atoms. The fourth-order valence-corrected chi connectivity index (χ4v) is 2.38. The molecule has 2 N–H and O–H groups in total. The number of sulfonamides is 1. The zero-order valence-electron chi connectivity index (χ0n) is 10.2. The van der Waals surface area contributed by atoms with E-state index in [4.69, 9.17) is 5.14 Å². The summed E-state index contributed by atoms with van der Waals surface area (Å²) in [5, 5.41) is 5.07. The number of ketones is 1. The molecule has 0 amide bonds. The summed E-state index contributed by atoms with van der Waals surface area (Å²) in [6, 6.07) is 4.74. The minimum absolute atomic E-state index is 0.1000. The first kappa shape index (κ1) is 13.9. The molecular weight excluding hydrogens is 238 g/mol. The van der Waals surface area contributed by atoms with Crippen LogP contribution in [0.4, 0.5) is 0 Å². The molecule has 1 rings (SSSR count). The molecule has 0 saturated carbocycles. The Hall–Kier alpha value is -1.20. The van der Waals surface area contributed by atoms with Crippen molar-refractivity contribution in [3.63, 3.8) is 0 Å². The van der Waals surface area contributed by atoms with Crippen LogP contribution in [-0.2, 0) is 10.0 Å². The van der Waals surface area contributed by atoms with Crippen LogP contribution in [0, 0.1) is 0 Å². The number of hydrogen-bond acceptors (Lipinski definition) is 3. The summed E-state index contributed by atoms with van der Waals surface area (Å²) < 4.78 is 22.7. The van der Waals surface area contributed by atoms with Crippen molar-refractivity contribution >= 4 is 15.8 Å². The number of primary sulfonamides is 1. The van der Waals surface area contributed by atoms with E-state index in [2.05, 4.69) is 0 Å². The molecule has 0 bridgehead atoms. The Labute approximate surface area is 102 Å². The second-order valence-electron chi connectivity index (χ2n) is 4.17. The standard InChI is InChI=1S/C12H17NO3S/c1-4-8(2)10-5-6-12(17(13,15)16)11(7-10)9(3)14/h5-8H,4H2,1-3H3,(H2,13,15,16). The molecule has 0 heterocycles. The highest BCUT2D eigenvalue weighted by Crippen LogP contribution is 2.24. The van der Waals surface area contributed by atoms with Gasteiger partial charge in [0, 0.05) is 5.56 Å². The van der Waals surface area contributed by atoms with Gasteiger partial charge in [-0.3, -0.25) is 4.79 Å². The van der Waals surface area contributed by atoms with Crippen molar-refractivity contribution in [2.45, 2.75) is 38.0 Å². The van der Waals surface area contributed by atoms with E-state index in [-0.39, 0.29) is 22.2 Å². The van der Waals surface area contributed by atoms with Gasteiger partial charge >= 0.3 is 0 Å². The lowest BCUT2D eigenvalue weighted by molar-refractivity contribution is 0.101. The first-order chi connectivity index (χ1) is 7.77. The Morgan fingerprint density at radius 3 is 2.41 bits per heavy atom. The Kier molecular flexibility index (Phi) is 4.06. The van der Waals surface area contributed by atoms with Crippen molar-refractivity contribution in [3.05, 3.63) is 29.3 Å². The van der Waals surface area contributed by atoms with E-state index in [1.54, 1.807) is 12.1 Å². The minimum atomic E-state index is -3.85. The Morgan fingerprint density at radius 1 is 1.41 bits per heavy atom. The lowest BCUT2D eigenvalue weighted by Gasteiger charge is -2.12. The van der Waals surface area contributed by atoms with Gasteiger partial charge in [-0.15, -0.1) is 0 Å². The van der Waals surface area contributed by atoms with Crippen molar-refractivity contribution in [3.8, 4) is 0 Å². The van der Waals surface area contributed by atoms with Crippen LogP contribution >= 0.6 is 0 Å². The fraction of sp³-hybridized carbons (Fsp3) is 0.417. The topological polar surface area (TPSA) is 77.2 Å². The number of carbonyl (C=O) groups is 1. The van der Waals surface area contributed by atoms with E-state index < -0.39 is 10.0 Å². The summed E-state index contributed by atoms with van der Waals surface area (Å²) in [6.45, 7) is 5.39. The maximum Gasteiger partial charge on any atom is 0.238 e. The van der Waals surface area contributed by atoms with Gasteiger partial charge in [-0.2, -0.15) is 0 Å². The summed E-state index contributed by atoms with van der Waals surface area (Å²) in [4.78, 5) is 11.4. The van der Waals surface area contributed by atoms with Crippen LogP contribution in [0.25, 0.3) is 0 Å². The number of benzene rings is 1. The molecule has 0 aromatic heterocycles. The van der Waals surface area contributed by atoms with Crippen molar-refractivity contribution in [2.24, 2.45) is 5.14 Å². The number of Topliss-reactive ketones (excluding diaryl/α,β-unsaturated/α-hetero) is 1. The average Bonchev–Trinajstić information content (AvgIpc) is 2.25. The van der Waals surface area contributed by atoms with E-state index in [1.165, 1.54) is 13.0 Å². The molecule has 1 atom stereocenters. The molecule has 4 nitrogen and oxygen atoms in total. The molecule has 0 aliphatic rings. The molecule has 5 heteroatoms. The minimum Gasteiger partial charge on any atom is -0.294 e. The van der Waals surface area contributed by atoms with Crippen LogP contribution in [0.3, 0.4) is 0 Å². The van der Waals surface area contributed by atoms with Crippen LogP contribution in [0.2, 0.25) is 0 Å². The zero-order valence-corrected chi connectivity index (χ0v) is 11.0. The molecule has 0 aliphatic heterocycles. The largest absolute Gasteiger partial charge is 0.294 e. The maximum absolute atomic E-state index is 11.5. The number of carbonyl (C=O) groups excluding carboxylic acids is 1. The average molecular weight is 255 g/mol. The molecular formula is C12H17NO3S. The third-order valence-electron chi connectivity index (χ3n) is 2.87. The Balaban J connectivity index is 3.43. The van der Waals surface area contributed by atoms with Gasteiger partial charge < -0.3 is 0 Å². The molecule has 94 valence electrons. The highest BCUT2D eigenvalue weighted by Gasteiger charge is 2.18. The predicted octanol–water partition coefficient (Wildman–Crippen LogP) is 2.05. The van der Waals surface area contributed by atoms with E-state index in [0.717, 1.165) is 12.0 Å². The molecule has 0 radical (unpaired) electrons. The smallest absolute Gasteiger partial charge is 0.238 e. The van der Waals surface area contributed by atoms with Crippen molar-refractivity contribution in [2.75, 3.05) is 0 Å². The SMILES string of the molecule is CCC(C)c1ccc(S(N)(=O)=O)c(C(C)=O)c1. The Morgan fingerprint density at radius 2 is 2.00 bits per heavy atom. The van der Waals surface area contributed by atoms with Gasteiger partial charge in [-0.05, 0) is 37.0 Å². The molecule has 0 fully saturated rings. The number of rotatable bonds is 4. The highest BCUT2D eigenvalue weighted by atomic mass is 32.2. The third-order valence-corrected chi connectivity index (χ3v) is 3.84. The van der Waals surface area contributed by atoms with Crippen LogP contribution in [0.1, 0.15) is 49.0 Å².